The van der Waals surface area contributed by atoms with Gasteiger partial charge in [0.2, 0.25) is 5.91 Å². The molecule has 1 aliphatic carbocycles. The van der Waals surface area contributed by atoms with Crippen LogP contribution in [0.4, 0.5) is 10.6 Å². The molecule has 1 saturated carbocycles. The van der Waals surface area contributed by atoms with Crippen LogP contribution in [0, 0.1) is 5.92 Å². The largest absolute Gasteiger partial charge is 0.465 e. The number of hydrogen-bond acceptors (Lipinski definition) is 5. The zero-order valence-electron chi connectivity index (χ0n) is 15.3. The first-order valence-electron chi connectivity index (χ1n) is 9.27. The molecule has 0 radical (unpaired) electrons. The van der Waals surface area contributed by atoms with Crippen molar-refractivity contribution in [1.29, 1.82) is 0 Å². The van der Waals surface area contributed by atoms with Gasteiger partial charge in [-0.1, -0.05) is 12.1 Å². The van der Waals surface area contributed by atoms with Crippen molar-refractivity contribution in [2.45, 2.75) is 57.4 Å². The molecule has 0 bridgehead atoms. The molecule has 0 spiro atoms. The molecule has 1 aliphatic rings. The van der Waals surface area contributed by atoms with E-state index in [9.17, 15) is 9.59 Å². The van der Waals surface area contributed by atoms with E-state index >= 15 is 0 Å². The van der Waals surface area contributed by atoms with Crippen LogP contribution in [0.3, 0.4) is 0 Å². The maximum absolute atomic E-state index is 12.0. The lowest BCUT2D eigenvalue weighted by Crippen LogP contribution is -2.34. The zero-order valence-corrected chi connectivity index (χ0v) is 15.3. The molecule has 9 nitrogen and oxygen atoms in total. The zero-order chi connectivity index (χ0) is 19.2. The van der Waals surface area contributed by atoms with E-state index in [1.54, 1.807) is 6.07 Å². The molecule has 3 atom stereocenters. The summed E-state index contributed by atoms with van der Waals surface area (Å²) < 4.78 is 4.92. The van der Waals surface area contributed by atoms with Crippen molar-refractivity contribution in [3.8, 4) is 0 Å². The number of hydrogen-bond donors (Lipinski definition) is 4. The van der Waals surface area contributed by atoms with Crippen LogP contribution < -0.4 is 10.6 Å². The molecular weight excluding hydrogens is 350 g/mol. The lowest BCUT2D eigenvalue weighted by Gasteiger charge is -2.19. The van der Waals surface area contributed by atoms with Gasteiger partial charge in [0.15, 0.2) is 5.82 Å². The summed E-state index contributed by atoms with van der Waals surface area (Å²) in [6, 6.07) is 3.52. The minimum Gasteiger partial charge on any atom is -0.465 e. The second-order valence-electron chi connectivity index (χ2n) is 7.08. The van der Waals surface area contributed by atoms with Gasteiger partial charge in [-0.25, -0.2) is 4.79 Å². The summed E-state index contributed by atoms with van der Waals surface area (Å²) in [7, 11) is 0. The number of carbonyl (C=O) groups is 2. The highest BCUT2D eigenvalue weighted by Crippen LogP contribution is 2.40. The van der Waals surface area contributed by atoms with Crippen molar-refractivity contribution >= 4 is 17.8 Å². The highest BCUT2D eigenvalue weighted by Gasteiger charge is 2.29. The molecule has 2 aromatic rings. The van der Waals surface area contributed by atoms with Gasteiger partial charge in [-0.2, -0.15) is 5.10 Å². The third-order valence-corrected chi connectivity index (χ3v) is 5.11. The lowest BCUT2D eigenvalue weighted by atomic mass is 9.95. The molecule has 2 amide bonds. The van der Waals surface area contributed by atoms with Crippen LogP contribution in [0.1, 0.15) is 56.4 Å². The molecule has 4 N–H and O–H groups in total. The maximum Gasteiger partial charge on any atom is 0.404 e. The minimum atomic E-state index is -0.962. The van der Waals surface area contributed by atoms with E-state index in [1.165, 1.54) is 6.20 Å². The first-order chi connectivity index (χ1) is 13.0. The predicted molar refractivity (Wildman–Crippen MR) is 97.4 cm³/mol. The Morgan fingerprint density at radius 1 is 1.44 bits per heavy atom. The Bertz CT molecular complexity index is 758. The molecule has 27 heavy (non-hydrogen) atoms. The van der Waals surface area contributed by atoms with Crippen LogP contribution >= 0.6 is 0 Å². The number of rotatable bonds is 8. The van der Waals surface area contributed by atoms with Crippen molar-refractivity contribution in [3.05, 3.63) is 29.8 Å². The molecule has 1 fully saturated rings. The summed E-state index contributed by atoms with van der Waals surface area (Å²) in [5.41, 5.74) is 1.01. The smallest absolute Gasteiger partial charge is 0.404 e. The third kappa shape index (κ3) is 5.32. The standard InChI is InChI=1S/C18H25N5O4/c1-2-13(20-18(25)26)8-11-3-4-12(7-11)15-10-16(23-22-15)21-17(24)9-14-5-6-19-27-14/h5-6,10-13,20H,2-4,7-9H2,1H3,(H,25,26)(H2,21,22,23,24). The molecule has 3 rings (SSSR count). The highest BCUT2D eigenvalue weighted by atomic mass is 16.5. The summed E-state index contributed by atoms with van der Waals surface area (Å²) in [5, 5.41) is 25.0. The van der Waals surface area contributed by atoms with Crippen molar-refractivity contribution in [2.24, 2.45) is 5.92 Å². The molecule has 0 aliphatic heterocycles. The van der Waals surface area contributed by atoms with Crippen molar-refractivity contribution in [3.63, 3.8) is 0 Å². The van der Waals surface area contributed by atoms with Gasteiger partial charge in [0.05, 0.1) is 12.6 Å². The van der Waals surface area contributed by atoms with E-state index in [2.05, 4.69) is 26.0 Å². The normalized spacial score (nSPS) is 20.3. The van der Waals surface area contributed by atoms with E-state index in [0.717, 1.165) is 37.8 Å². The average Bonchev–Trinajstić information content (AvgIpc) is 3.35. The van der Waals surface area contributed by atoms with E-state index in [-0.39, 0.29) is 18.4 Å². The molecule has 9 heteroatoms. The number of amides is 2. The second-order valence-corrected chi connectivity index (χ2v) is 7.08. The van der Waals surface area contributed by atoms with Crippen LogP contribution in [-0.4, -0.2) is 38.5 Å². The Balaban J connectivity index is 1.50. The number of nitrogens with one attached hydrogen (secondary N) is 3. The fraction of sp³-hybridized carbons (Fsp3) is 0.556. The molecule has 146 valence electrons. The monoisotopic (exact) mass is 375 g/mol. The van der Waals surface area contributed by atoms with Crippen LogP contribution in [0.5, 0.6) is 0 Å². The Hall–Kier alpha value is -2.84. The summed E-state index contributed by atoms with van der Waals surface area (Å²) >= 11 is 0. The summed E-state index contributed by atoms with van der Waals surface area (Å²) in [4.78, 5) is 22.8. The van der Waals surface area contributed by atoms with Crippen LogP contribution in [0.25, 0.3) is 0 Å². The van der Waals surface area contributed by atoms with Gasteiger partial charge in [0.25, 0.3) is 0 Å². The van der Waals surface area contributed by atoms with E-state index < -0.39 is 6.09 Å². The Morgan fingerprint density at radius 2 is 2.30 bits per heavy atom. The number of anilines is 1. The highest BCUT2D eigenvalue weighted by molar-refractivity contribution is 5.91. The topological polar surface area (TPSA) is 133 Å². The SMILES string of the molecule is CCC(CC1CCC(c2cc(NC(=O)Cc3ccno3)n[nH]2)C1)NC(=O)O. The van der Waals surface area contributed by atoms with Gasteiger partial charge >= 0.3 is 6.09 Å². The third-order valence-electron chi connectivity index (χ3n) is 5.11. The first-order valence-corrected chi connectivity index (χ1v) is 9.27. The van der Waals surface area contributed by atoms with Crippen LogP contribution in [0.2, 0.25) is 0 Å². The lowest BCUT2D eigenvalue weighted by molar-refractivity contribution is -0.115. The number of H-pyrrole nitrogens is 1. The maximum atomic E-state index is 12.0. The van der Waals surface area contributed by atoms with Gasteiger partial charge in [-0.05, 0) is 38.0 Å². The Morgan fingerprint density at radius 3 is 3.00 bits per heavy atom. The fourth-order valence-corrected chi connectivity index (χ4v) is 3.76. The minimum absolute atomic E-state index is 0.000966. The van der Waals surface area contributed by atoms with Crippen LogP contribution in [-0.2, 0) is 11.2 Å². The Labute approximate surface area is 156 Å². The number of aromatic nitrogens is 3. The van der Waals surface area contributed by atoms with Crippen molar-refractivity contribution in [1.82, 2.24) is 20.7 Å². The molecule has 0 aromatic carbocycles. The second kappa shape index (κ2) is 8.70. The number of carbonyl (C=O) groups excluding carboxylic acids is 1. The van der Waals surface area contributed by atoms with Gasteiger partial charge in [0, 0.05) is 29.8 Å². The summed E-state index contributed by atoms with van der Waals surface area (Å²) in [5.74, 6) is 1.63. The number of nitrogens with zero attached hydrogens (tertiary/aromatic N) is 2. The number of aromatic amines is 1. The predicted octanol–water partition coefficient (Wildman–Crippen LogP) is 2.90. The quantitative estimate of drug-likeness (QED) is 0.561. The Kier molecular flexibility index (Phi) is 6.10. The van der Waals surface area contributed by atoms with E-state index in [4.69, 9.17) is 9.63 Å². The molecule has 3 unspecified atom stereocenters. The van der Waals surface area contributed by atoms with E-state index in [0.29, 0.717) is 23.4 Å². The number of carboxylic acid groups (broad SMARTS) is 1. The van der Waals surface area contributed by atoms with Crippen molar-refractivity contribution in [2.75, 3.05) is 5.32 Å². The summed E-state index contributed by atoms with van der Waals surface area (Å²) in [6.07, 6.45) is 5.38. The first kappa shape index (κ1) is 18.9. The fourth-order valence-electron chi connectivity index (χ4n) is 3.76. The average molecular weight is 375 g/mol. The molecular formula is C18H25N5O4. The summed E-state index contributed by atoms with van der Waals surface area (Å²) in [6.45, 7) is 2.00. The van der Waals surface area contributed by atoms with Gasteiger partial charge < -0.3 is 20.3 Å². The van der Waals surface area contributed by atoms with Crippen molar-refractivity contribution < 1.29 is 19.2 Å². The molecule has 0 saturated heterocycles. The van der Waals surface area contributed by atoms with Gasteiger partial charge in [-0.3, -0.25) is 9.89 Å². The van der Waals surface area contributed by atoms with Gasteiger partial charge in [0.1, 0.15) is 5.76 Å². The van der Waals surface area contributed by atoms with Gasteiger partial charge in [-0.15, -0.1) is 0 Å². The van der Waals surface area contributed by atoms with E-state index in [1.807, 2.05) is 13.0 Å². The molecule has 2 heterocycles. The molecule has 2 aromatic heterocycles. The van der Waals surface area contributed by atoms with Crippen LogP contribution in [0.15, 0.2) is 22.9 Å².